The van der Waals surface area contributed by atoms with Crippen LogP contribution < -0.4 is 10.5 Å². The molecule has 1 aromatic carbocycles. The second-order valence-electron chi connectivity index (χ2n) is 7.74. The van der Waals surface area contributed by atoms with Gasteiger partial charge in [0.1, 0.15) is 5.75 Å². The van der Waals surface area contributed by atoms with Crippen LogP contribution in [0.25, 0.3) is 0 Å². The van der Waals surface area contributed by atoms with E-state index >= 15 is 0 Å². The Labute approximate surface area is 163 Å². The van der Waals surface area contributed by atoms with E-state index in [1.165, 1.54) is 5.56 Å². The number of halogens is 1. The lowest BCUT2D eigenvalue weighted by Gasteiger charge is -2.40. The molecule has 1 aliphatic carbocycles. The Morgan fingerprint density at radius 3 is 2.77 bits per heavy atom. The van der Waals surface area contributed by atoms with E-state index in [4.69, 9.17) is 15.2 Å². The molecule has 5 rings (SSSR count). The number of fused-ring (bicyclic) bond motifs is 5. The highest BCUT2D eigenvalue weighted by Gasteiger charge is 2.35. The van der Waals surface area contributed by atoms with E-state index in [1.54, 1.807) is 0 Å². The predicted molar refractivity (Wildman–Crippen MR) is 103 cm³/mol. The number of carbonyl (C=O) groups is 1. The van der Waals surface area contributed by atoms with E-state index in [0.29, 0.717) is 12.5 Å². The van der Waals surface area contributed by atoms with Crippen LogP contribution in [-0.2, 0) is 9.53 Å². The number of hydrogen-bond donors (Lipinski definition) is 1. The summed E-state index contributed by atoms with van der Waals surface area (Å²) in [5.74, 6) is 1.31. The molecule has 0 radical (unpaired) electrons. The Morgan fingerprint density at radius 2 is 1.96 bits per heavy atom. The van der Waals surface area contributed by atoms with Gasteiger partial charge < -0.3 is 20.1 Å². The van der Waals surface area contributed by atoms with Gasteiger partial charge in [-0.2, -0.15) is 0 Å². The Balaban J connectivity index is 1.63. The molecular formula is C20H27BrN2O3. The minimum atomic E-state index is -0.0392. The van der Waals surface area contributed by atoms with Crippen LogP contribution >= 0.6 is 15.9 Å². The summed E-state index contributed by atoms with van der Waals surface area (Å²) in [6.07, 6.45) is 6.44. The lowest BCUT2D eigenvalue weighted by atomic mass is 9.82. The molecule has 1 saturated carbocycles. The molecule has 2 N–H and O–H groups in total. The standard InChI is InChI=1S/C20H27BrN2O3/c21-14-5-8-19-16(10-14)13-3-6-15(7-4-13)25-11-18-17(22)2-1-9-23(18)20(24)12-26-19/h5,8,10,13,15,17-18H,1-4,6-7,9,11-12,22H2/t13?,15?,17-,18-/m0/s1. The largest absolute Gasteiger partial charge is 0.483 e. The van der Waals surface area contributed by atoms with Gasteiger partial charge in [-0.1, -0.05) is 15.9 Å². The van der Waals surface area contributed by atoms with Gasteiger partial charge in [-0.05, 0) is 68.2 Å². The Bertz CT molecular complexity index is 660. The molecule has 2 bridgehead atoms. The highest BCUT2D eigenvalue weighted by Crippen LogP contribution is 2.40. The summed E-state index contributed by atoms with van der Waals surface area (Å²) in [6.45, 7) is 1.35. The molecule has 142 valence electrons. The molecule has 2 fully saturated rings. The number of ether oxygens (including phenoxy) is 2. The third-order valence-electron chi connectivity index (χ3n) is 6.09. The maximum Gasteiger partial charge on any atom is 0.260 e. The van der Waals surface area contributed by atoms with Crippen LogP contribution in [0.3, 0.4) is 0 Å². The van der Waals surface area contributed by atoms with Gasteiger partial charge in [0.25, 0.3) is 5.91 Å². The summed E-state index contributed by atoms with van der Waals surface area (Å²) in [4.78, 5) is 14.7. The first-order valence-corrected chi connectivity index (χ1v) is 10.5. The maximum atomic E-state index is 12.8. The number of amides is 1. The van der Waals surface area contributed by atoms with Crippen LogP contribution in [0.15, 0.2) is 22.7 Å². The third kappa shape index (κ3) is 3.78. The van der Waals surface area contributed by atoms with E-state index in [1.807, 2.05) is 17.0 Å². The van der Waals surface area contributed by atoms with E-state index in [0.717, 1.165) is 55.3 Å². The minimum Gasteiger partial charge on any atom is -0.483 e. The van der Waals surface area contributed by atoms with E-state index in [9.17, 15) is 4.79 Å². The van der Waals surface area contributed by atoms with Crippen molar-refractivity contribution < 1.29 is 14.3 Å². The maximum absolute atomic E-state index is 12.8. The van der Waals surface area contributed by atoms with E-state index in [-0.39, 0.29) is 30.7 Å². The van der Waals surface area contributed by atoms with Gasteiger partial charge in [-0.15, -0.1) is 0 Å². The van der Waals surface area contributed by atoms with Crippen LogP contribution in [0.5, 0.6) is 5.75 Å². The zero-order valence-electron chi connectivity index (χ0n) is 15.0. The van der Waals surface area contributed by atoms with Gasteiger partial charge in [0.15, 0.2) is 6.61 Å². The van der Waals surface area contributed by atoms with E-state index < -0.39 is 0 Å². The average molecular weight is 423 g/mol. The highest BCUT2D eigenvalue weighted by molar-refractivity contribution is 9.10. The second kappa shape index (κ2) is 7.87. The first kappa shape index (κ1) is 18.3. The number of benzene rings is 1. The zero-order valence-corrected chi connectivity index (χ0v) is 16.6. The second-order valence-corrected chi connectivity index (χ2v) is 8.65. The smallest absolute Gasteiger partial charge is 0.260 e. The molecule has 1 amide bonds. The number of piperidine rings is 1. The van der Waals surface area contributed by atoms with Crippen molar-refractivity contribution in [2.24, 2.45) is 5.73 Å². The molecule has 1 saturated heterocycles. The molecule has 26 heavy (non-hydrogen) atoms. The number of hydrogen-bond acceptors (Lipinski definition) is 4. The summed E-state index contributed by atoms with van der Waals surface area (Å²) in [6, 6.07) is 6.05. The Hall–Kier alpha value is -1.11. The fourth-order valence-electron chi connectivity index (χ4n) is 4.58. The number of rotatable bonds is 0. The molecule has 6 heteroatoms. The van der Waals surface area contributed by atoms with Crippen molar-refractivity contribution in [3.05, 3.63) is 28.2 Å². The van der Waals surface area contributed by atoms with Crippen LogP contribution in [0.1, 0.15) is 50.0 Å². The predicted octanol–water partition coefficient (Wildman–Crippen LogP) is 3.20. The van der Waals surface area contributed by atoms with Gasteiger partial charge in [0, 0.05) is 17.1 Å². The van der Waals surface area contributed by atoms with E-state index in [2.05, 4.69) is 22.0 Å². The van der Waals surface area contributed by atoms with Gasteiger partial charge in [-0.3, -0.25) is 4.79 Å². The normalized spacial score (nSPS) is 32.5. The van der Waals surface area contributed by atoms with Crippen LogP contribution in [-0.4, -0.2) is 48.8 Å². The minimum absolute atomic E-state index is 0.00853. The monoisotopic (exact) mass is 422 g/mol. The van der Waals surface area contributed by atoms with Gasteiger partial charge in [-0.25, -0.2) is 0 Å². The fraction of sp³-hybridized carbons (Fsp3) is 0.650. The number of nitrogens with two attached hydrogens (primary N) is 1. The first-order valence-electron chi connectivity index (χ1n) is 9.70. The molecule has 2 atom stereocenters. The summed E-state index contributed by atoms with van der Waals surface area (Å²) in [5.41, 5.74) is 7.54. The highest BCUT2D eigenvalue weighted by atomic mass is 79.9. The van der Waals surface area contributed by atoms with Gasteiger partial charge in [0.05, 0.1) is 18.8 Å². The Morgan fingerprint density at radius 1 is 1.15 bits per heavy atom. The van der Waals surface area contributed by atoms with Crippen molar-refractivity contribution in [3.8, 4) is 5.75 Å². The molecule has 4 aliphatic rings. The van der Waals surface area contributed by atoms with Crippen LogP contribution in [0, 0.1) is 0 Å². The summed E-state index contributed by atoms with van der Waals surface area (Å²) < 4.78 is 13.3. The fourth-order valence-corrected chi connectivity index (χ4v) is 4.96. The summed E-state index contributed by atoms with van der Waals surface area (Å²) in [5, 5.41) is 0. The van der Waals surface area contributed by atoms with Crippen molar-refractivity contribution in [1.82, 2.24) is 4.90 Å². The first-order chi connectivity index (χ1) is 12.6. The molecule has 0 aromatic heterocycles. The van der Waals surface area contributed by atoms with Crippen molar-refractivity contribution in [2.75, 3.05) is 19.8 Å². The lowest BCUT2D eigenvalue weighted by molar-refractivity contribution is -0.140. The molecule has 3 heterocycles. The molecular weight excluding hydrogens is 396 g/mol. The van der Waals surface area contributed by atoms with Crippen molar-refractivity contribution in [2.45, 2.75) is 62.6 Å². The van der Waals surface area contributed by atoms with Gasteiger partial charge >= 0.3 is 0 Å². The SMILES string of the molecule is N[C@H]1CCCN2C(=O)COc3ccc(Br)cc3C3CCC(CC3)OC[C@@H]12. The zero-order chi connectivity index (χ0) is 18.1. The van der Waals surface area contributed by atoms with Crippen molar-refractivity contribution in [3.63, 3.8) is 0 Å². The van der Waals surface area contributed by atoms with Gasteiger partial charge in [0.2, 0.25) is 0 Å². The Kier molecular flexibility index (Phi) is 5.53. The number of carbonyl (C=O) groups excluding carboxylic acids is 1. The summed E-state index contributed by atoms with van der Waals surface area (Å²) in [7, 11) is 0. The molecule has 0 unspecified atom stereocenters. The van der Waals surface area contributed by atoms with Crippen LogP contribution in [0.2, 0.25) is 0 Å². The average Bonchev–Trinajstić information content (AvgIpc) is 2.67. The quantitative estimate of drug-likeness (QED) is 0.696. The lowest BCUT2D eigenvalue weighted by Crippen LogP contribution is -2.57. The molecule has 1 aromatic rings. The topological polar surface area (TPSA) is 64.8 Å². The molecule has 0 spiro atoms. The van der Waals surface area contributed by atoms with Crippen molar-refractivity contribution in [1.29, 1.82) is 0 Å². The molecule has 5 nitrogen and oxygen atoms in total. The van der Waals surface area contributed by atoms with Crippen LogP contribution in [0.4, 0.5) is 0 Å². The molecule has 3 aliphatic heterocycles. The number of nitrogens with zero attached hydrogens (tertiary/aromatic N) is 1. The van der Waals surface area contributed by atoms with Crippen molar-refractivity contribution >= 4 is 21.8 Å². The third-order valence-corrected chi connectivity index (χ3v) is 6.58. The summed E-state index contributed by atoms with van der Waals surface area (Å²) >= 11 is 3.58.